The minimum atomic E-state index is -3.21. The van der Waals surface area contributed by atoms with Crippen LogP contribution in [-0.2, 0) is 16.3 Å². The van der Waals surface area contributed by atoms with Gasteiger partial charge in [0, 0.05) is 24.9 Å². The Hall–Kier alpha value is -1.82. The Morgan fingerprint density at radius 1 is 1.30 bits per heavy atom. The zero-order valence-corrected chi connectivity index (χ0v) is 12.3. The van der Waals surface area contributed by atoms with Crippen LogP contribution in [0.3, 0.4) is 0 Å². The topological polar surface area (TPSA) is 74.8 Å². The molecule has 6 heteroatoms. The predicted molar refractivity (Wildman–Crippen MR) is 79.6 cm³/mol. The molecule has 0 saturated heterocycles. The second-order valence-electron chi connectivity index (χ2n) is 4.57. The number of hydrogen-bond donors (Lipinski definition) is 2. The van der Waals surface area contributed by atoms with Crippen LogP contribution in [0, 0.1) is 0 Å². The van der Waals surface area contributed by atoms with Crippen molar-refractivity contribution in [2.24, 2.45) is 0 Å². The molecule has 2 N–H and O–H groups in total. The molecule has 0 bridgehead atoms. The number of sulfone groups is 1. The Balaban J connectivity index is 2.08. The third-order valence-electron chi connectivity index (χ3n) is 2.96. The average Bonchev–Trinajstić information content (AvgIpc) is 2.92. The lowest BCUT2D eigenvalue weighted by Crippen LogP contribution is -2.12. The van der Waals surface area contributed by atoms with Crippen molar-refractivity contribution in [3.05, 3.63) is 42.5 Å². The quantitative estimate of drug-likeness (QED) is 0.821. The first kappa shape index (κ1) is 14.6. The lowest BCUT2D eigenvalue weighted by Gasteiger charge is -2.11. The lowest BCUT2D eigenvalue weighted by molar-refractivity contribution is 0.595. The Labute approximate surface area is 119 Å². The molecule has 0 spiro atoms. The summed E-state index contributed by atoms with van der Waals surface area (Å²) >= 11 is 0. The molecule has 0 saturated carbocycles. The van der Waals surface area contributed by atoms with Gasteiger partial charge in [0.25, 0.3) is 0 Å². The lowest BCUT2D eigenvalue weighted by atomic mass is 10.3. The van der Waals surface area contributed by atoms with E-state index in [9.17, 15) is 8.42 Å². The molecule has 1 aromatic carbocycles. The van der Waals surface area contributed by atoms with Gasteiger partial charge < -0.3 is 10.3 Å². The monoisotopic (exact) mass is 293 g/mol. The van der Waals surface area contributed by atoms with Crippen molar-refractivity contribution < 1.29 is 8.42 Å². The van der Waals surface area contributed by atoms with Gasteiger partial charge in [0.15, 0.2) is 9.84 Å². The van der Waals surface area contributed by atoms with E-state index in [4.69, 9.17) is 0 Å². The van der Waals surface area contributed by atoms with Crippen LogP contribution in [0.1, 0.15) is 19.0 Å². The van der Waals surface area contributed by atoms with Crippen LogP contribution in [0.2, 0.25) is 0 Å². The molecular formula is C14H19N3O2S. The van der Waals surface area contributed by atoms with E-state index in [2.05, 4.69) is 15.3 Å². The van der Waals surface area contributed by atoms with Gasteiger partial charge in [-0.05, 0) is 18.6 Å². The van der Waals surface area contributed by atoms with Gasteiger partial charge in [-0.2, -0.15) is 0 Å². The standard InChI is InChI=1S/C14H19N3O2S/c1-2-9-20(18,19)14-6-4-3-5-13(14)16-8-7-12-10-15-11-17-12/h3-6,10-11,16H,2,7-9H2,1H3,(H,15,17). The maximum atomic E-state index is 12.2. The zero-order chi connectivity index (χ0) is 14.4. The number of anilines is 1. The summed E-state index contributed by atoms with van der Waals surface area (Å²) in [7, 11) is -3.21. The Morgan fingerprint density at radius 2 is 2.10 bits per heavy atom. The maximum absolute atomic E-state index is 12.2. The normalized spacial score (nSPS) is 11.4. The van der Waals surface area contributed by atoms with Gasteiger partial charge in [0.05, 0.1) is 22.7 Å². The van der Waals surface area contributed by atoms with Crippen LogP contribution in [0.25, 0.3) is 0 Å². The number of aromatic nitrogens is 2. The molecule has 0 amide bonds. The third kappa shape index (κ3) is 3.60. The molecule has 5 nitrogen and oxygen atoms in total. The predicted octanol–water partition coefficient (Wildman–Crippen LogP) is 2.25. The highest BCUT2D eigenvalue weighted by atomic mass is 32.2. The van der Waals surface area contributed by atoms with Crippen molar-refractivity contribution >= 4 is 15.5 Å². The molecule has 0 aliphatic rings. The first-order chi connectivity index (χ1) is 9.63. The van der Waals surface area contributed by atoms with Gasteiger partial charge in [-0.15, -0.1) is 0 Å². The smallest absolute Gasteiger partial charge is 0.180 e. The van der Waals surface area contributed by atoms with Gasteiger partial charge >= 0.3 is 0 Å². The van der Waals surface area contributed by atoms with E-state index in [-0.39, 0.29) is 5.75 Å². The number of imidazole rings is 1. The fourth-order valence-corrected chi connectivity index (χ4v) is 3.53. The van der Waals surface area contributed by atoms with E-state index in [1.54, 1.807) is 30.7 Å². The summed E-state index contributed by atoms with van der Waals surface area (Å²) in [6.07, 6.45) is 4.78. The van der Waals surface area contributed by atoms with E-state index in [0.717, 1.165) is 12.1 Å². The molecule has 0 fully saturated rings. The molecule has 20 heavy (non-hydrogen) atoms. The summed E-state index contributed by atoms with van der Waals surface area (Å²) in [5.41, 5.74) is 1.69. The number of nitrogens with zero attached hydrogens (tertiary/aromatic N) is 1. The van der Waals surface area contributed by atoms with Crippen molar-refractivity contribution in [3.8, 4) is 0 Å². The average molecular weight is 293 g/mol. The molecular weight excluding hydrogens is 274 g/mol. The number of benzene rings is 1. The second kappa shape index (κ2) is 6.56. The molecule has 0 aliphatic heterocycles. The summed E-state index contributed by atoms with van der Waals surface area (Å²) in [5, 5.41) is 3.19. The summed E-state index contributed by atoms with van der Waals surface area (Å²) in [4.78, 5) is 7.35. The van der Waals surface area contributed by atoms with Crippen molar-refractivity contribution in [1.82, 2.24) is 9.97 Å². The first-order valence-electron chi connectivity index (χ1n) is 6.66. The highest BCUT2D eigenvalue weighted by Crippen LogP contribution is 2.22. The number of hydrogen-bond acceptors (Lipinski definition) is 4. The second-order valence-corrected chi connectivity index (χ2v) is 6.65. The molecule has 0 radical (unpaired) electrons. The number of rotatable bonds is 7. The SMILES string of the molecule is CCCS(=O)(=O)c1ccccc1NCCc1cnc[nH]1. The van der Waals surface area contributed by atoms with Gasteiger partial charge in [0.2, 0.25) is 0 Å². The van der Waals surface area contributed by atoms with Crippen LogP contribution in [0.5, 0.6) is 0 Å². The third-order valence-corrected chi connectivity index (χ3v) is 4.93. The molecule has 1 aromatic heterocycles. The Bertz CT molecular complexity index is 636. The van der Waals surface area contributed by atoms with Crippen molar-refractivity contribution in [2.45, 2.75) is 24.7 Å². The fourth-order valence-electron chi connectivity index (χ4n) is 2.02. The maximum Gasteiger partial charge on any atom is 0.180 e. The molecule has 2 aromatic rings. The number of aromatic amines is 1. The minimum absolute atomic E-state index is 0.173. The number of H-pyrrole nitrogens is 1. The van der Waals surface area contributed by atoms with Gasteiger partial charge in [-0.1, -0.05) is 19.1 Å². The molecule has 0 aliphatic carbocycles. The summed E-state index contributed by atoms with van der Waals surface area (Å²) in [6.45, 7) is 2.52. The first-order valence-corrected chi connectivity index (χ1v) is 8.31. The molecule has 0 unspecified atom stereocenters. The Morgan fingerprint density at radius 3 is 2.80 bits per heavy atom. The summed E-state index contributed by atoms with van der Waals surface area (Å²) in [5.74, 6) is 0.173. The molecule has 2 rings (SSSR count). The van der Waals surface area contributed by atoms with Gasteiger partial charge in [0.1, 0.15) is 0 Å². The highest BCUT2D eigenvalue weighted by Gasteiger charge is 2.16. The molecule has 1 heterocycles. The van der Waals surface area contributed by atoms with Gasteiger partial charge in [-0.25, -0.2) is 13.4 Å². The molecule has 108 valence electrons. The van der Waals surface area contributed by atoms with E-state index in [0.29, 0.717) is 23.5 Å². The van der Waals surface area contributed by atoms with E-state index in [1.165, 1.54) is 0 Å². The van der Waals surface area contributed by atoms with Crippen molar-refractivity contribution in [1.29, 1.82) is 0 Å². The minimum Gasteiger partial charge on any atom is -0.384 e. The molecule has 0 atom stereocenters. The van der Waals surface area contributed by atoms with E-state index in [1.807, 2.05) is 13.0 Å². The van der Waals surface area contributed by atoms with Crippen LogP contribution in [0.4, 0.5) is 5.69 Å². The summed E-state index contributed by atoms with van der Waals surface area (Å²) in [6, 6.07) is 7.05. The van der Waals surface area contributed by atoms with E-state index < -0.39 is 9.84 Å². The van der Waals surface area contributed by atoms with Crippen LogP contribution < -0.4 is 5.32 Å². The van der Waals surface area contributed by atoms with Crippen LogP contribution in [0.15, 0.2) is 41.7 Å². The van der Waals surface area contributed by atoms with Crippen molar-refractivity contribution in [2.75, 3.05) is 17.6 Å². The van der Waals surface area contributed by atoms with Crippen LogP contribution >= 0.6 is 0 Å². The summed E-state index contributed by atoms with van der Waals surface area (Å²) < 4.78 is 24.4. The van der Waals surface area contributed by atoms with Gasteiger partial charge in [-0.3, -0.25) is 0 Å². The Kier molecular flexibility index (Phi) is 4.79. The van der Waals surface area contributed by atoms with E-state index >= 15 is 0 Å². The largest absolute Gasteiger partial charge is 0.384 e. The highest BCUT2D eigenvalue weighted by molar-refractivity contribution is 7.91. The number of para-hydroxylation sites is 1. The van der Waals surface area contributed by atoms with Crippen molar-refractivity contribution in [3.63, 3.8) is 0 Å². The number of nitrogens with one attached hydrogen (secondary N) is 2. The van der Waals surface area contributed by atoms with Crippen LogP contribution in [-0.4, -0.2) is 30.7 Å². The zero-order valence-electron chi connectivity index (χ0n) is 11.5. The fraction of sp³-hybridized carbons (Fsp3) is 0.357.